The van der Waals surface area contributed by atoms with Crippen LogP contribution in [0.25, 0.3) is 5.57 Å². The van der Waals surface area contributed by atoms with E-state index in [4.69, 9.17) is 0 Å². The third-order valence-corrected chi connectivity index (χ3v) is 6.14. The van der Waals surface area contributed by atoms with Crippen LogP contribution in [0.15, 0.2) is 49.0 Å². The first-order valence-corrected chi connectivity index (χ1v) is 8.93. The summed E-state index contributed by atoms with van der Waals surface area (Å²) >= 11 is 0. The van der Waals surface area contributed by atoms with Gasteiger partial charge in [-0.1, -0.05) is 55.6 Å². The summed E-state index contributed by atoms with van der Waals surface area (Å²) in [6.45, 7) is 6.71. The molecule has 0 fully saturated rings. The van der Waals surface area contributed by atoms with Gasteiger partial charge in [-0.05, 0) is 51.8 Å². The van der Waals surface area contributed by atoms with Crippen molar-refractivity contribution in [3.8, 4) is 0 Å². The second kappa shape index (κ2) is 4.46. The van der Waals surface area contributed by atoms with Gasteiger partial charge in [0.15, 0.2) is 0 Å². The monoisotopic (exact) mass is 274 g/mol. The lowest BCUT2D eigenvalue weighted by Gasteiger charge is -2.14. The smallest absolute Gasteiger partial charge is 0.0438 e. The fraction of sp³-hybridized carbons (Fsp3) is 0.263. The van der Waals surface area contributed by atoms with Gasteiger partial charge in [0.1, 0.15) is 0 Å². The molecule has 4 rings (SSSR count). The van der Waals surface area contributed by atoms with E-state index in [0.717, 1.165) is 21.5 Å². The van der Waals surface area contributed by atoms with Gasteiger partial charge in [0.25, 0.3) is 0 Å². The molecule has 0 nitrogen and oxygen atoms in total. The molecule has 0 amide bonds. The van der Waals surface area contributed by atoms with Crippen LogP contribution in [-0.4, -0.2) is 9.52 Å². The molecular weight excluding hydrogens is 256 g/mol. The summed E-state index contributed by atoms with van der Waals surface area (Å²) in [5.74, 6) is 0.592. The molecule has 2 aromatic rings. The first kappa shape index (κ1) is 12.2. The van der Waals surface area contributed by atoms with E-state index in [1.807, 2.05) is 0 Å². The Bertz CT molecular complexity index is 699. The average Bonchev–Trinajstić information content (AvgIpc) is 2.80. The summed E-state index contributed by atoms with van der Waals surface area (Å²) in [5.41, 5.74) is 9.65. The van der Waals surface area contributed by atoms with Crippen molar-refractivity contribution in [1.29, 1.82) is 0 Å². The Labute approximate surface area is 123 Å². The Hall–Kier alpha value is -1.60. The molecular formula is C19H18Si. The number of hydrogen-bond acceptors (Lipinski definition) is 0. The van der Waals surface area contributed by atoms with Gasteiger partial charge in [-0.15, -0.1) is 0 Å². The van der Waals surface area contributed by atoms with E-state index in [2.05, 4.69) is 55.6 Å². The molecule has 2 aromatic carbocycles. The van der Waals surface area contributed by atoms with Crippen molar-refractivity contribution in [3.63, 3.8) is 0 Å². The maximum atomic E-state index is 4.37. The summed E-state index contributed by atoms with van der Waals surface area (Å²) < 4.78 is 0. The van der Waals surface area contributed by atoms with E-state index in [1.54, 1.807) is 16.7 Å². The summed E-state index contributed by atoms with van der Waals surface area (Å²) in [7, 11) is 0.989. The minimum absolute atomic E-state index is 0.592. The fourth-order valence-corrected chi connectivity index (χ4v) is 5.01. The molecule has 0 saturated heterocycles. The SMILES string of the molecule is C=C1Cc2ccccc2C2CC([Si]C)c3cccc1c32. The van der Waals surface area contributed by atoms with Crippen LogP contribution in [0.3, 0.4) is 0 Å². The van der Waals surface area contributed by atoms with E-state index in [-0.39, 0.29) is 0 Å². The van der Waals surface area contributed by atoms with E-state index in [0.29, 0.717) is 5.92 Å². The Morgan fingerprint density at radius 2 is 1.85 bits per heavy atom. The van der Waals surface area contributed by atoms with Crippen LogP contribution in [-0.2, 0) is 6.42 Å². The molecule has 98 valence electrons. The molecule has 2 radical (unpaired) electrons. The van der Waals surface area contributed by atoms with Crippen LogP contribution in [0.2, 0.25) is 6.55 Å². The fourth-order valence-electron chi connectivity index (χ4n) is 3.98. The highest BCUT2D eigenvalue weighted by Crippen LogP contribution is 2.50. The van der Waals surface area contributed by atoms with Crippen LogP contribution in [0.5, 0.6) is 0 Å². The Morgan fingerprint density at radius 3 is 2.70 bits per heavy atom. The highest BCUT2D eigenvalue weighted by molar-refractivity contribution is 6.36. The van der Waals surface area contributed by atoms with Crippen LogP contribution in [0.1, 0.15) is 45.7 Å². The molecule has 2 unspecified atom stereocenters. The van der Waals surface area contributed by atoms with Gasteiger partial charge in [0, 0.05) is 15.4 Å². The zero-order valence-electron chi connectivity index (χ0n) is 11.8. The maximum absolute atomic E-state index is 4.37. The molecule has 0 aromatic heterocycles. The molecule has 0 heterocycles. The van der Waals surface area contributed by atoms with Crippen molar-refractivity contribution in [2.45, 2.75) is 30.8 Å². The van der Waals surface area contributed by atoms with Crippen LogP contribution >= 0.6 is 0 Å². The third-order valence-electron chi connectivity index (χ3n) is 4.90. The van der Waals surface area contributed by atoms with Crippen molar-refractivity contribution >= 4 is 15.1 Å². The van der Waals surface area contributed by atoms with Crippen LogP contribution < -0.4 is 0 Å². The third kappa shape index (κ3) is 1.59. The highest BCUT2D eigenvalue weighted by atomic mass is 28.2. The van der Waals surface area contributed by atoms with E-state index < -0.39 is 0 Å². The lowest BCUT2D eigenvalue weighted by molar-refractivity contribution is 0.762. The Balaban J connectivity index is 2.01. The summed E-state index contributed by atoms with van der Waals surface area (Å²) in [6, 6.07) is 15.8. The second-order valence-corrected chi connectivity index (χ2v) is 7.19. The molecule has 20 heavy (non-hydrogen) atoms. The quantitative estimate of drug-likeness (QED) is 0.667. The molecule has 0 saturated carbocycles. The predicted molar refractivity (Wildman–Crippen MR) is 86.4 cm³/mol. The van der Waals surface area contributed by atoms with E-state index >= 15 is 0 Å². The first-order chi connectivity index (χ1) is 9.79. The Kier molecular flexibility index (Phi) is 2.71. The van der Waals surface area contributed by atoms with Crippen molar-refractivity contribution in [3.05, 3.63) is 76.9 Å². The van der Waals surface area contributed by atoms with Gasteiger partial charge < -0.3 is 0 Å². The normalized spacial score (nSPS) is 23.1. The molecule has 2 aliphatic rings. The lowest BCUT2D eigenvalue weighted by atomic mass is 9.89. The number of benzene rings is 2. The summed E-state index contributed by atoms with van der Waals surface area (Å²) in [6.07, 6.45) is 2.29. The van der Waals surface area contributed by atoms with Gasteiger partial charge in [-0.2, -0.15) is 0 Å². The number of rotatable bonds is 1. The van der Waals surface area contributed by atoms with Gasteiger partial charge >= 0.3 is 0 Å². The van der Waals surface area contributed by atoms with Gasteiger partial charge in [-0.25, -0.2) is 0 Å². The predicted octanol–water partition coefficient (Wildman–Crippen LogP) is 4.58. The number of fused-ring (bicyclic) bond motifs is 2. The van der Waals surface area contributed by atoms with Crippen molar-refractivity contribution < 1.29 is 0 Å². The topological polar surface area (TPSA) is 0 Å². The summed E-state index contributed by atoms with van der Waals surface area (Å²) in [4.78, 5) is 0. The second-order valence-electron chi connectivity index (χ2n) is 5.92. The van der Waals surface area contributed by atoms with Crippen LogP contribution in [0.4, 0.5) is 0 Å². The first-order valence-electron chi connectivity index (χ1n) is 7.35. The Morgan fingerprint density at radius 1 is 1.05 bits per heavy atom. The van der Waals surface area contributed by atoms with Crippen molar-refractivity contribution in [1.82, 2.24) is 0 Å². The van der Waals surface area contributed by atoms with Gasteiger partial charge in [0.2, 0.25) is 0 Å². The zero-order chi connectivity index (χ0) is 13.7. The van der Waals surface area contributed by atoms with Crippen LogP contribution in [0, 0.1) is 0 Å². The summed E-state index contributed by atoms with van der Waals surface area (Å²) in [5, 5.41) is 0. The molecule has 0 spiro atoms. The number of allylic oxidation sites excluding steroid dienone is 1. The molecule has 0 bridgehead atoms. The standard InChI is InChI=1S/C19H18Si/c1-12-10-13-6-3-4-7-15(13)17-11-18(20-2)16-9-5-8-14(12)19(16)17/h3-9,17-18H,1,10-11H2,2H3. The van der Waals surface area contributed by atoms with Gasteiger partial charge in [0.05, 0.1) is 0 Å². The maximum Gasteiger partial charge on any atom is 0.0438 e. The van der Waals surface area contributed by atoms with Crippen molar-refractivity contribution in [2.75, 3.05) is 0 Å². The van der Waals surface area contributed by atoms with Gasteiger partial charge in [-0.3, -0.25) is 0 Å². The molecule has 0 aliphatic heterocycles. The van der Waals surface area contributed by atoms with Crippen molar-refractivity contribution in [2.24, 2.45) is 0 Å². The van der Waals surface area contributed by atoms with E-state index in [1.165, 1.54) is 23.1 Å². The molecule has 2 atom stereocenters. The highest BCUT2D eigenvalue weighted by Gasteiger charge is 2.35. The van der Waals surface area contributed by atoms with E-state index in [9.17, 15) is 0 Å². The minimum Gasteiger partial charge on any atom is -0.0949 e. The molecule has 0 N–H and O–H groups in total. The lowest BCUT2D eigenvalue weighted by Crippen LogP contribution is -2.02. The molecule has 2 aliphatic carbocycles. The molecule has 1 heteroatoms. The minimum atomic E-state index is 0.592. The zero-order valence-corrected chi connectivity index (χ0v) is 12.8. The number of hydrogen-bond donors (Lipinski definition) is 0. The largest absolute Gasteiger partial charge is 0.0949 e. The average molecular weight is 274 g/mol.